The van der Waals surface area contributed by atoms with E-state index in [2.05, 4.69) is 43.4 Å². The Morgan fingerprint density at radius 2 is 1.73 bits per heavy atom. The Labute approximate surface area is 180 Å². The molecule has 0 aliphatic heterocycles. The number of hydrogen-bond acceptors (Lipinski definition) is 3. The molecule has 2 rings (SSSR count). The van der Waals surface area contributed by atoms with Crippen LogP contribution >= 0.6 is 0 Å². The SMILES string of the molecule is CCNC(=O)[C@H](C)N(Cc1cccc(OC)c1)C(=O)CCc1ccc(C(C)C)cc1. The summed E-state index contributed by atoms with van der Waals surface area (Å²) in [5.74, 6) is 1.03. The molecule has 0 saturated heterocycles. The van der Waals surface area contributed by atoms with E-state index in [9.17, 15) is 9.59 Å². The fraction of sp³-hybridized carbons (Fsp3) is 0.440. The molecule has 0 fully saturated rings. The van der Waals surface area contributed by atoms with Gasteiger partial charge in [0.15, 0.2) is 0 Å². The largest absolute Gasteiger partial charge is 0.497 e. The van der Waals surface area contributed by atoms with E-state index in [1.54, 1.807) is 18.9 Å². The van der Waals surface area contributed by atoms with Crippen LogP contribution in [-0.2, 0) is 22.6 Å². The second-order valence-electron chi connectivity index (χ2n) is 7.84. The summed E-state index contributed by atoms with van der Waals surface area (Å²) in [6.45, 7) is 8.88. The van der Waals surface area contributed by atoms with Gasteiger partial charge >= 0.3 is 0 Å². The summed E-state index contributed by atoms with van der Waals surface area (Å²) in [6, 6.07) is 15.5. The fourth-order valence-corrected chi connectivity index (χ4v) is 3.34. The van der Waals surface area contributed by atoms with Crippen molar-refractivity contribution < 1.29 is 14.3 Å². The van der Waals surface area contributed by atoms with Crippen molar-refractivity contribution in [3.05, 3.63) is 65.2 Å². The number of rotatable bonds is 10. The van der Waals surface area contributed by atoms with Gasteiger partial charge in [-0.25, -0.2) is 0 Å². The number of nitrogens with zero attached hydrogens (tertiary/aromatic N) is 1. The highest BCUT2D eigenvalue weighted by molar-refractivity contribution is 5.87. The summed E-state index contributed by atoms with van der Waals surface area (Å²) < 4.78 is 5.29. The Bertz CT molecular complexity index is 831. The van der Waals surface area contributed by atoms with Crippen LogP contribution in [0, 0.1) is 0 Å². The van der Waals surface area contributed by atoms with Crippen LogP contribution in [-0.4, -0.2) is 36.4 Å². The zero-order valence-corrected chi connectivity index (χ0v) is 18.8. The third-order valence-electron chi connectivity index (χ3n) is 5.28. The highest BCUT2D eigenvalue weighted by atomic mass is 16.5. The standard InChI is InChI=1S/C25H34N2O3/c1-6-26-25(29)19(4)27(17-21-8-7-9-23(16-21)30-5)24(28)15-12-20-10-13-22(14-11-20)18(2)3/h7-11,13-14,16,18-19H,6,12,15,17H2,1-5H3,(H,26,29)/t19-/m0/s1. The highest BCUT2D eigenvalue weighted by Gasteiger charge is 2.25. The normalized spacial score (nSPS) is 11.8. The summed E-state index contributed by atoms with van der Waals surface area (Å²) >= 11 is 0. The van der Waals surface area contributed by atoms with Gasteiger partial charge in [-0.1, -0.05) is 50.2 Å². The molecule has 0 unspecified atom stereocenters. The number of nitrogens with one attached hydrogen (secondary N) is 1. The Balaban J connectivity index is 2.13. The molecule has 1 N–H and O–H groups in total. The average molecular weight is 411 g/mol. The van der Waals surface area contributed by atoms with E-state index in [0.29, 0.717) is 31.8 Å². The van der Waals surface area contributed by atoms with E-state index in [4.69, 9.17) is 4.74 Å². The number of amides is 2. The molecular formula is C25H34N2O3. The van der Waals surface area contributed by atoms with Crippen LogP contribution in [0.2, 0.25) is 0 Å². The Kier molecular flexibility index (Phi) is 8.90. The van der Waals surface area contributed by atoms with Crippen LogP contribution in [0.1, 0.15) is 56.7 Å². The van der Waals surface area contributed by atoms with Crippen molar-refractivity contribution in [1.29, 1.82) is 0 Å². The van der Waals surface area contributed by atoms with Crippen LogP contribution in [0.3, 0.4) is 0 Å². The van der Waals surface area contributed by atoms with Crippen molar-refractivity contribution in [2.45, 2.75) is 59.0 Å². The molecule has 0 spiro atoms. The van der Waals surface area contributed by atoms with E-state index >= 15 is 0 Å². The number of likely N-dealkylation sites (N-methyl/N-ethyl adjacent to an activating group) is 1. The minimum Gasteiger partial charge on any atom is -0.497 e. The van der Waals surface area contributed by atoms with E-state index in [1.165, 1.54) is 5.56 Å². The van der Waals surface area contributed by atoms with Crippen molar-refractivity contribution in [3.8, 4) is 5.75 Å². The number of carbonyl (C=O) groups is 2. The maximum absolute atomic E-state index is 13.1. The van der Waals surface area contributed by atoms with Crippen molar-refractivity contribution in [2.24, 2.45) is 0 Å². The predicted molar refractivity (Wildman–Crippen MR) is 121 cm³/mol. The Morgan fingerprint density at radius 1 is 1.03 bits per heavy atom. The molecule has 30 heavy (non-hydrogen) atoms. The summed E-state index contributed by atoms with van der Waals surface area (Å²) in [5, 5.41) is 2.82. The molecule has 2 amide bonds. The number of aryl methyl sites for hydroxylation is 1. The predicted octanol–water partition coefficient (Wildman–Crippen LogP) is 4.30. The van der Waals surface area contributed by atoms with Gasteiger partial charge < -0.3 is 15.0 Å². The fourth-order valence-electron chi connectivity index (χ4n) is 3.34. The van der Waals surface area contributed by atoms with Gasteiger partial charge in [-0.2, -0.15) is 0 Å². The first-order valence-electron chi connectivity index (χ1n) is 10.6. The summed E-state index contributed by atoms with van der Waals surface area (Å²) in [7, 11) is 1.61. The lowest BCUT2D eigenvalue weighted by atomic mass is 10.00. The first-order valence-corrected chi connectivity index (χ1v) is 10.6. The monoisotopic (exact) mass is 410 g/mol. The molecule has 162 valence electrons. The van der Waals surface area contributed by atoms with Gasteiger partial charge in [-0.05, 0) is 55.0 Å². The molecule has 0 heterocycles. The number of carbonyl (C=O) groups excluding carboxylic acids is 2. The molecule has 1 atom stereocenters. The minimum absolute atomic E-state index is 0.0375. The molecule has 2 aromatic rings. The molecule has 0 bridgehead atoms. The van der Waals surface area contributed by atoms with Crippen molar-refractivity contribution in [1.82, 2.24) is 10.2 Å². The molecule has 5 nitrogen and oxygen atoms in total. The van der Waals surface area contributed by atoms with Gasteiger partial charge in [0.2, 0.25) is 11.8 Å². The van der Waals surface area contributed by atoms with Crippen LogP contribution in [0.25, 0.3) is 0 Å². The molecule has 0 aromatic heterocycles. The smallest absolute Gasteiger partial charge is 0.242 e. The lowest BCUT2D eigenvalue weighted by molar-refractivity contribution is -0.140. The van der Waals surface area contributed by atoms with Gasteiger partial charge in [0.25, 0.3) is 0 Å². The molecule has 0 aliphatic carbocycles. The first kappa shape index (κ1) is 23.5. The second kappa shape index (κ2) is 11.4. The van der Waals surface area contributed by atoms with Crippen LogP contribution in [0.15, 0.2) is 48.5 Å². The molecule has 0 radical (unpaired) electrons. The highest BCUT2D eigenvalue weighted by Crippen LogP contribution is 2.18. The van der Waals surface area contributed by atoms with Crippen molar-refractivity contribution in [2.75, 3.05) is 13.7 Å². The summed E-state index contributed by atoms with van der Waals surface area (Å²) in [4.78, 5) is 27.2. The zero-order valence-electron chi connectivity index (χ0n) is 18.8. The number of ether oxygens (including phenoxy) is 1. The Hall–Kier alpha value is -2.82. The molecule has 0 aliphatic rings. The molecular weight excluding hydrogens is 376 g/mol. The first-order chi connectivity index (χ1) is 14.3. The summed E-state index contributed by atoms with van der Waals surface area (Å²) in [6.07, 6.45) is 1.00. The van der Waals surface area contributed by atoms with Gasteiger partial charge in [0.1, 0.15) is 11.8 Å². The van der Waals surface area contributed by atoms with E-state index in [1.807, 2.05) is 31.2 Å². The van der Waals surface area contributed by atoms with E-state index in [-0.39, 0.29) is 11.8 Å². The zero-order chi connectivity index (χ0) is 22.1. The third-order valence-corrected chi connectivity index (χ3v) is 5.28. The van der Waals surface area contributed by atoms with Crippen molar-refractivity contribution >= 4 is 11.8 Å². The maximum atomic E-state index is 13.1. The minimum atomic E-state index is -0.549. The van der Waals surface area contributed by atoms with Crippen LogP contribution < -0.4 is 10.1 Å². The van der Waals surface area contributed by atoms with Crippen LogP contribution in [0.4, 0.5) is 0 Å². The average Bonchev–Trinajstić information content (AvgIpc) is 2.75. The number of benzene rings is 2. The van der Waals surface area contributed by atoms with Gasteiger partial charge in [0.05, 0.1) is 7.11 Å². The second-order valence-corrected chi connectivity index (χ2v) is 7.84. The van der Waals surface area contributed by atoms with E-state index < -0.39 is 6.04 Å². The van der Waals surface area contributed by atoms with Gasteiger partial charge in [-0.15, -0.1) is 0 Å². The quantitative estimate of drug-likeness (QED) is 0.635. The van der Waals surface area contributed by atoms with Crippen LogP contribution in [0.5, 0.6) is 5.75 Å². The molecule has 0 saturated carbocycles. The Morgan fingerprint density at radius 3 is 2.33 bits per heavy atom. The van der Waals surface area contributed by atoms with E-state index in [0.717, 1.165) is 16.9 Å². The van der Waals surface area contributed by atoms with Gasteiger partial charge in [-0.3, -0.25) is 9.59 Å². The topological polar surface area (TPSA) is 58.6 Å². The molecule has 2 aromatic carbocycles. The lowest BCUT2D eigenvalue weighted by Crippen LogP contribution is -2.47. The lowest BCUT2D eigenvalue weighted by Gasteiger charge is -2.29. The summed E-state index contributed by atoms with van der Waals surface area (Å²) in [5.41, 5.74) is 3.34. The third kappa shape index (κ3) is 6.61. The number of methoxy groups -OCH3 is 1. The van der Waals surface area contributed by atoms with Crippen molar-refractivity contribution in [3.63, 3.8) is 0 Å². The van der Waals surface area contributed by atoms with Gasteiger partial charge in [0, 0.05) is 19.5 Å². The molecule has 5 heteroatoms. The maximum Gasteiger partial charge on any atom is 0.242 e. The number of hydrogen-bond donors (Lipinski definition) is 1.